The van der Waals surface area contributed by atoms with Gasteiger partial charge in [0.1, 0.15) is 0 Å². The number of para-hydroxylation sites is 1. The fourth-order valence-electron chi connectivity index (χ4n) is 2.01. The zero-order valence-electron chi connectivity index (χ0n) is 10.4. The Labute approximate surface area is 111 Å². The largest absolute Gasteiger partial charge is 0.449 e. The van der Waals surface area contributed by atoms with Crippen molar-refractivity contribution in [2.45, 2.75) is 13.3 Å². The van der Waals surface area contributed by atoms with E-state index in [4.69, 9.17) is 5.73 Å². The Balaban J connectivity index is 2.28. The molecule has 0 aromatic heterocycles. The van der Waals surface area contributed by atoms with E-state index in [1.807, 2.05) is 10.8 Å². The minimum absolute atomic E-state index is 0.0973. The normalized spacial score (nSPS) is 14.1. The molecule has 1 aromatic carbocycles. The number of carbonyl (C=O) groups is 1. The molecule has 1 aliphatic rings. The van der Waals surface area contributed by atoms with Gasteiger partial charge in [-0.1, -0.05) is 12.1 Å². The lowest BCUT2D eigenvalue weighted by Crippen LogP contribution is -2.43. The van der Waals surface area contributed by atoms with Gasteiger partial charge in [0.25, 0.3) is 0 Å². The fraction of sp³-hybridized carbons (Fsp3) is 0.364. The highest BCUT2D eigenvalue weighted by molar-refractivity contribution is 7.91. The van der Waals surface area contributed by atoms with Gasteiger partial charge in [0.2, 0.25) is 0 Å². The monoisotopic (exact) mass is 285 g/mol. The van der Waals surface area contributed by atoms with Gasteiger partial charge >= 0.3 is 16.3 Å². The van der Waals surface area contributed by atoms with Crippen molar-refractivity contribution in [1.82, 2.24) is 4.72 Å². The van der Waals surface area contributed by atoms with Crippen molar-refractivity contribution in [1.29, 1.82) is 0 Å². The second-order valence-electron chi connectivity index (χ2n) is 4.00. The standard InChI is InChI=1S/C11H15N3O4S/c1-2-18-11(15)13-19(16,17)14-7-6-8-4-3-5-9(12)10(8)14/h3-5H,2,6-7,12H2,1H3,(H,13,15). The van der Waals surface area contributed by atoms with Crippen molar-refractivity contribution < 1.29 is 17.9 Å². The molecule has 104 valence electrons. The van der Waals surface area contributed by atoms with Crippen molar-refractivity contribution in [3.05, 3.63) is 23.8 Å². The number of nitrogens with zero attached hydrogens (tertiary/aromatic N) is 1. The summed E-state index contributed by atoms with van der Waals surface area (Å²) in [5, 5.41) is 0. The summed E-state index contributed by atoms with van der Waals surface area (Å²) in [6, 6.07) is 5.20. The number of nitrogen functional groups attached to an aromatic ring is 1. The minimum Gasteiger partial charge on any atom is -0.449 e. The Morgan fingerprint density at radius 3 is 2.95 bits per heavy atom. The summed E-state index contributed by atoms with van der Waals surface area (Å²) in [5.41, 5.74) is 7.44. The van der Waals surface area contributed by atoms with Crippen LogP contribution in [0.15, 0.2) is 18.2 Å². The average Bonchev–Trinajstić information content (AvgIpc) is 2.74. The zero-order chi connectivity index (χ0) is 14.0. The van der Waals surface area contributed by atoms with E-state index in [-0.39, 0.29) is 13.2 Å². The number of hydrogen-bond acceptors (Lipinski definition) is 5. The summed E-state index contributed by atoms with van der Waals surface area (Å²) in [6.45, 7) is 1.94. The molecule has 1 aliphatic heterocycles. The molecule has 1 amide bonds. The summed E-state index contributed by atoms with van der Waals surface area (Å²) >= 11 is 0. The first-order valence-electron chi connectivity index (χ1n) is 5.80. The van der Waals surface area contributed by atoms with E-state index >= 15 is 0 Å². The molecule has 3 N–H and O–H groups in total. The molecule has 0 fully saturated rings. The SMILES string of the molecule is CCOC(=O)NS(=O)(=O)N1CCc2cccc(N)c21. The summed E-state index contributed by atoms with van der Waals surface area (Å²) in [7, 11) is -3.99. The molecule has 0 spiro atoms. The number of ether oxygens (including phenoxy) is 1. The Hall–Kier alpha value is -1.96. The third kappa shape index (κ3) is 2.58. The van der Waals surface area contributed by atoms with Crippen LogP contribution in [0.5, 0.6) is 0 Å². The van der Waals surface area contributed by atoms with E-state index in [0.717, 1.165) is 9.87 Å². The molecule has 0 radical (unpaired) electrons. The minimum atomic E-state index is -3.99. The van der Waals surface area contributed by atoms with Gasteiger partial charge in [-0.05, 0) is 25.0 Å². The lowest BCUT2D eigenvalue weighted by Gasteiger charge is -2.20. The number of amides is 1. The topological polar surface area (TPSA) is 102 Å². The van der Waals surface area contributed by atoms with Crippen LogP contribution in [-0.2, 0) is 21.4 Å². The van der Waals surface area contributed by atoms with Crippen LogP contribution in [0.25, 0.3) is 0 Å². The molecule has 0 bridgehead atoms. The van der Waals surface area contributed by atoms with Crippen LogP contribution in [0.3, 0.4) is 0 Å². The lowest BCUT2D eigenvalue weighted by molar-refractivity contribution is 0.158. The van der Waals surface area contributed by atoms with E-state index in [1.54, 1.807) is 19.1 Å². The maximum Gasteiger partial charge on any atom is 0.422 e. The van der Waals surface area contributed by atoms with E-state index in [2.05, 4.69) is 4.74 Å². The summed E-state index contributed by atoms with van der Waals surface area (Å²) in [6.07, 6.45) is -0.435. The van der Waals surface area contributed by atoms with Gasteiger partial charge in [-0.15, -0.1) is 0 Å². The van der Waals surface area contributed by atoms with Crippen molar-refractivity contribution in [3.63, 3.8) is 0 Å². The third-order valence-electron chi connectivity index (χ3n) is 2.76. The smallest absolute Gasteiger partial charge is 0.422 e. The van der Waals surface area contributed by atoms with E-state index < -0.39 is 16.3 Å². The molecule has 0 saturated carbocycles. The maximum absolute atomic E-state index is 12.1. The molecule has 2 rings (SSSR count). The first-order valence-corrected chi connectivity index (χ1v) is 7.24. The Kier molecular flexibility index (Phi) is 3.52. The number of anilines is 2. The molecule has 7 nitrogen and oxygen atoms in total. The van der Waals surface area contributed by atoms with Gasteiger partial charge in [0, 0.05) is 6.54 Å². The number of fused-ring (bicyclic) bond motifs is 1. The molecular weight excluding hydrogens is 270 g/mol. The summed E-state index contributed by atoms with van der Waals surface area (Å²) in [5.74, 6) is 0. The van der Waals surface area contributed by atoms with Gasteiger partial charge in [0.15, 0.2) is 0 Å². The van der Waals surface area contributed by atoms with E-state index in [9.17, 15) is 13.2 Å². The summed E-state index contributed by atoms with van der Waals surface area (Å²) in [4.78, 5) is 11.2. The van der Waals surface area contributed by atoms with Crippen LogP contribution in [-0.4, -0.2) is 27.7 Å². The van der Waals surface area contributed by atoms with Crippen molar-refractivity contribution >= 4 is 27.7 Å². The van der Waals surface area contributed by atoms with Crippen LogP contribution in [0.2, 0.25) is 0 Å². The predicted octanol–water partition coefficient (Wildman–Crippen LogP) is 0.622. The average molecular weight is 285 g/mol. The Morgan fingerprint density at radius 1 is 1.53 bits per heavy atom. The van der Waals surface area contributed by atoms with E-state index in [1.165, 1.54) is 0 Å². The molecule has 19 heavy (non-hydrogen) atoms. The van der Waals surface area contributed by atoms with Gasteiger partial charge < -0.3 is 10.5 Å². The van der Waals surface area contributed by atoms with Crippen molar-refractivity contribution in [3.8, 4) is 0 Å². The number of benzene rings is 1. The van der Waals surface area contributed by atoms with E-state index in [0.29, 0.717) is 17.8 Å². The highest BCUT2D eigenvalue weighted by Crippen LogP contribution is 2.34. The van der Waals surface area contributed by atoms with Gasteiger partial charge in [-0.25, -0.2) is 9.52 Å². The molecule has 1 aromatic rings. The molecule has 0 atom stereocenters. The Bertz CT molecular complexity index is 600. The number of hydrogen-bond donors (Lipinski definition) is 2. The molecule has 8 heteroatoms. The maximum atomic E-state index is 12.1. The quantitative estimate of drug-likeness (QED) is 0.793. The number of nitrogens with two attached hydrogens (primary N) is 1. The highest BCUT2D eigenvalue weighted by atomic mass is 32.2. The molecule has 0 saturated heterocycles. The van der Waals surface area contributed by atoms with Crippen molar-refractivity contribution in [2.75, 3.05) is 23.2 Å². The molecular formula is C11H15N3O4S. The highest BCUT2D eigenvalue weighted by Gasteiger charge is 2.32. The number of carbonyl (C=O) groups excluding carboxylic acids is 1. The number of nitrogens with one attached hydrogen (secondary N) is 1. The lowest BCUT2D eigenvalue weighted by atomic mass is 10.1. The number of rotatable bonds is 3. The first-order chi connectivity index (χ1) is 8.95. The third-order valence-corrected chi connectivity index (χ3v) is 4.13. The van der Waals surface area contributed by atoms with Crippen LogP contribution in [0.4, 0.5) is 16.2 Å². The van der Waals surface area contributed by atoms with Gasteiger partial charge in [-0.2, -0.15) is 8.42 Å². The van der Waals surface area contributed by atoms with Crippen LogP contribution < -0.4 is 14.8 Å². The predicted molar refractivity (Wildman–Crippen MR) is 71.0 cm³/mol. The van der Waals surface area contributed by atoms with Gasteiger partial charge in [-0.3, -0.25) is 4.31 Å². The van der Waals surface area contributed by atoms with Gasteiger partial charge in [0.05, 0.1) is 18.0 Å². The van der Waals surface area contributed by atoms with Crippen LogP contribution in [0.1, 0.15) is 12.5 Å². The molecule has 0 aliphatic carbocycles. The second-order valence-corrected chi connectivity index (χ2v) is 5.60. The second kappa shape index (κ2) is 4.96. The van der Waals surface area contributed by atoms with Crippen molar-refractivity contribution in [2.24, 2.45) is 0 Å². The first kappa shape index (κ1) is 13.5. The van der Waals surface area contributed by atoms with Crippen LogP contribution in [0, 0.1) is 0 Å². The van der Waals surface area contributed by atoms with Crippen LogP contribution >= 0.6 is 0 Å². The zero-order valence-corrected chi connectivity index (χ0v) is 11.2. The molecule has 1 heterocycles. The molecule has 0 unspecified atom stereocenters. The summed E-state index contributed by atoms with van der Waals surface area (Å²) < 4.78 is 31.7. The fourth-order valence-corrected chi connectivity index (χ4v) is 3.19. The Morgan fingerprint density at radius 2 is 2.26 bits per heavy atom.